The van der Waals surface area contributed by atoms with Gasteiger partial charge >= 0.3 is 12.1 Å². The van der Waals surface area contributed by atoms with Gasteiger partial charge in [-0.25, -0.2) is 9.59 Å². The molecule has 0 spiro atoms. The summed E-state index contributed by atoms with van der Waals surface area (Å²) in [5, 5.41) is 58.0. The molecule has 2 fully saturated rings. The number of aliphatic hydroxyl groups excluding tert-OH is 4. The molecule has 1 amide bonds. The molecule has 0 radical (unpaired) electrons. The van der Waals surface area contributed by atoms with Crippen LogP contribution < -0.4 is 5.73 Å². The van der Waals surface area contributed by atoms with Crippen LogP contribution in [-0.2, 0) is 38.0 Å². The van der Waals surface area contributed by atoms with Gasteiger partial charge in [0.1, 0.15) is 12.2 Å². The van der Waals surface area contributed by atoms with E-state index in [-0.39, 0.29) is 42.3 Å². The van der Waals surface area contributed by atoms with Gasteiger partial charge in [0, 0.05) is 49.5 Å². The molecule has 348 valence electrons. The molecule has 0 bridgehead atoms. The molecule has 3 rings (SSSR count). The van der Waals surface area contributed by atoms with Crippen molar-refractivity contribution in [2.24, 2.45) is 41.2 Å². The number of methoxy groups -OCH3 is 2. The molecular formula is C46H75NO14. The molecule has 0 aliphatic carbocycles. The third kappa shape index (κ3) is 13.7. The van der Waals surface area contributed by atoms with Crippen LogP contribution in [0.25, 0.3) is 0 Å². The quantitative estimate of drug-likeness (QED) is 0.0915. The molecule has 2 saturated heterocycles. The van der Waals surface area contributed by atoms with Gasteiger partial charge in [-0.05, 0) is 52.5 Å². The summed E-state index contributed by atoms with van der Waals surface area (Å²) in [7, 11) is 2.81. The zero-order valence-electron chi connectivity index (χ0n) is 38.2. The Hall–Kier alpha value is -3.12. The number of carbonyl (C=O) groups is 2. The minimum absolute atomic E-state index is 0.0313. The van der Waals surface area contributed by atoms with Crippen molar-refractivity contribution in [1.29, 1.82) is 0 Å². The van der Waals surface area contributed by atoms with E-state index in [1.807, 2.05) is 53.7 Å². The molecule has 7 N–H and O–H groups in total. The van der Waals surface area contributed by atoms with E-state index < -0.39 is 97.0 Å². The van der Waals surface area contributed by atoms with E-state index in [0.717, 1.165) is 5.57 Å². The lowest BCUT2D eigenvalue weighted by Gasteiger charge is -2.49. The summed E-state index contributed by atoms with van der Waals surface area (Å²) in [6, 6.07) is 0. The predicted molar refractivity (Wildman–Crippen MR) is 228 cm³/mol. The number of hydrogen-bond acceptors (Lipinski definition) is 14. The largest absolute Gasteiger partial charge is 0.490 e. The van der Waals surface area contributed by atoms with E-state index >= 15 is 0 Å². The molecule has 0 aromatic carbocycles. The maximum atomic E-state index is 13.9. The summed E-state index contributed by atoms with van der Waals surface area (Å²) in [6.07, 6.45) is 2.20. The Morgan fingerprint density at radius 3 is 2.34 bits per heavy atom. The van der Waals surface area contributed by atoms with Gasteiger partial charge in [0.2, 0.25) is 5.76 Å². The number of amides is 1. The number of nitrogens with two attached hydrogens (primary N) is 1. The van der Waals surface area contributed by atoms with Crippen LogP contribution in [0.5, 0.6) is 0 Å². The van der Waals surface area contributed by atoms with Crippen LogP contribution in [0, 0.1) is 35.5 Å². The first-order valence-electron chi connectivity index (χ1n) is 21.7. The number of esters is 1. The van der Waals surface area contributed by atoms with Crippen molar-refractivity contribution in [1.82, 2.24) is 0 Å². The first-order valence-corrected chi connectivity index (χ1v) is 21.7. The van der Waals surface area contributed by atoms with E-state index in [0.29, 0.717) is 18.4 Å². The van der Waals surface area contributed by atoms with Crippen LogP contribution in [0.15, 0.2) is 59.4 Å². The number of ether oxygens (including phenoxy) is 7. The van der Waals surface area contributed by atoms with Crippen molar-refractivity contribution in [3.05, 3.63) is 59.4 Å². The third-order valence-electron chi connectivity index (χ3n) is 12.8. The lowest BCUT2D eigenvalue weighted by Crippen LogP contribution is -2.59. The highest BCUT2D eigenvalue weighted by atomic mass is 16.7. The maximum Gasteiger partial charge on any atom is 0.404 e. The Kier molecular flexibility index (Phi) is 20.1. The van der Waals surface area contributed by atoms with Gasteiger partial charge in [0.25, 0.3) is 0 Å². The zero-order chi connectivity index (χ0) is 45.9. The summed E-state index contributed by atoms with van der Waals surface area (Å²) in [6.45, 7) is 18.2. The van der Waals surface area contributed by atoms with Gasteiger partial charge < -0.3 is 64.4 Å². The molecule has 0 saturated carbocycles. The molecule has 18 atom stereocenters. The Balaban J connectivity index is 2.00. The van der Waals surface area contributed by atoms with Crippen LogP contribution in [0.1, 0.15) is 94.9 Å². The number of carbonyl (C=O) groups excluding carboxylic acids is 2. The van der Waals surface area contributed by atoms with Crippen LogP contribution in [0.4, 0.5) is 4.79 Å². The lowest BCUT2D eigenvalue weighted by atomic mass is 9.94. The number of hydrogen-bond donors (Lipinski definition) is 6. The van der Waals surface area contributed by atoms with Crippen LogP contribution >= 0.6 is 0 Å². The third-order valence-corrected chi connectivity index (χ3v) is 12.8. The van der Waals surface area contributed by atoms with Gasteiger partial charge in [-0.1, -0.05) is 89.1 Å². The second-order valence-electron chi connectivity index (χ2n) is 17.5. The number of primary amides is 1. The van der Waals surface area contributed by atoms with Crippen LogP contribution in [0.3, 0.4) is 0 Å². The molecule has 0 unspecified atom stereocenters. The van der Waals surface area contributed by atoms with Crippen molar-refractivity contribution in [2.75, 3.05) is 14.2 Å². The first-order chi connectivity index (χ1) is 28.6. The van der Waals surface area contributed by atoms with Crippen molar-refractivity contribution < 1.29 is 68.3 Å². The fourth-order valence-electron chi connectivity index (χ4n) is 8.94. The highest BCUT2D eigenvalue weighted by Gasteiger charge is 2.52. The van der Waals surface area contributed by atoms with E-state index in [1.165, 1.54) is 20.3 Å². The van der Waals surface area contributed by atoms with Gasteiger partial charge in [-0.2, -0.15) is 0 Å². The normalized spacial score (nSPS) is 42.2. The molecule has 3 heterocycles. The second-order valence-corrected chi connectivity index (χ2v) is 17.5. The van der Waals surface area contributed by atoms with E-state index in [9.17, 15) is 35.1 Å². The monoisotopic (exact) mass is 875 g/mol. The van der Waals surface area contributed by atoms with Gasteiger partial charge in [0.05, 0.1) is 49.8 Å². The molecule has 3 aliphatic heterocycles. The standard InChI is InChI=1S/C46H75NO14/c1-13-16-34-28(7)37(58-38-22-33(48)43(31(10)57-38)60-45(47)53)23-46(54,61-34)30(9)41(51)29(8)42-35(55-11)18-15-17-24(3)19-26(5)39(49)32(14-2)40(50)27(6)20-25(4)21-36(56-12)44(52)59-42/h13,15-18,20-21,26-35,37-43,48-51,54H,14,19,22-23H2,1-12H3,(H2,47,53)/b16-13+,18-15+,24-17+,25-20+,36-21-/t26-,27-,28-,29+,30+,31-,32+,33-,34-,35+,37-,38+,39+,40-,41-,42-,43-,46-/m1/s1/i18+1,19+1,20+1,21+1,37+1,39+1,41+1,42+1,44+1. The van der Waals surface area contributed by atoms with Crippen molar-refractivity contribution in [3.8, 4) is 0 Å². The molecule has 61 heavy (non-hydrogen) atoms. The average molecular weight is 875 g/mol. The van der Waals surface area contributed by atoms with Gasteiger partial charge in [-0.3, -0.25) is 0 Å². The minimum Gasteiger partial charge on any atom is -0.490 e. The summed E-state index contributed by atoms with van der Waals surface area (Å²) < 4.78 is 41.4. The van der Waals surface area contributed by atoms with Crippen molar-refractivity contribution in [2.45, 2.75) is 168 Å². The van der Waals surface area contributed by atoms with Crippen molar-refractivity contribution >= 4 is 12.1 Å². The molecule has 15 heteroatoms. The van der Waals surface area contributed by atoms with E-state index in [2.05, 4.69) is 0 Å². The Morgan fingerprint density at radius 2 is 1.77 bits per heavy atom. The molecule has 15 nitrogen and oxygen atoms in total. The fraction of sp³-hybridized carbons (Fsp3) is 0.739. The highest BCUT2D eigenvalue weighted by Crippen LogP contribution is 2.42. The van der Waals surface area contributed by atoms with Crippen LogP contribution in [0.2, 0.25) is 0 Å². The summed E-state index contributed by atoms with van der Waals surface area (Å²) in [5.41, 5.74) is 6.78. The smallest absolute Gasteiger partial charge is 0.404 e. The maximum absolute atomic E-state index is 13.9. The number of rotatable bonds is 11. The average Bonchev–Trinajstić information content (AvgIpc) is 3.19. The SMILES string of the molecule is C/C=C/[C@H]1O[C@@](O)([C@@H](C)[13C@H](O)[C@H](C)[13C@H]2O[13C](=O)/C(OC)=[13CH]/C(C)=[13CH]/[C@@H](C)[C@@H](O)[C@@H](CC)[13C@@H](O)[C@H](C)[13CH2]/C(C)=C/C=[13CH]/[C@@H]2OC)C[13C@@H](O[C@H]2C[C@@H](O)[C@H](OC(N)=O)[C@@H](C)O2)[C@@H]1C. The topological polar surface area (TPSA) is 226 Å². The lowest BCUT2D eigenvalue weighted by molar-refractivity contribution is -0.338. The minimum atomic E-state index is -1.97. The molecule has 3 aliphatic rings. The number of allylic oxidation sites excluding steroid dienone is 6. The van der Waals surface area contributed by atoms with Gasteiger partial charge in [-0.15, -0.1) is 0 Å². The fourth-order valence-corrected chi connectivity index (χ4v) is 8.94. The summed E-state index contributed by atoms with van der Waals surface area (Å²) >= 11 is 0. The Morgan fingerprint density at radius 1 is 1.10 bits per heavy atom. The molecule has 0 aromatic rings. The number of cyclic esters (lactones) is 1. The first kappa shape index (κ1) is 52.2. The van der Waals surface area contributed by atoms with Gasteiger partial charge in [0.15, 0.2) is 18.2 Å². The summed E-state index contributed by atoms with van der Waals surface area (Å²) in [5.74, 6) is -6.00. The predicted octanol–water partition coefficient (Wildman–Crippen LogP) is 4.98. The van der Waals surface area contributed by atoms with Crippen molar-refractivity contribution in [3.63, 3.8) is 0 Å². The Bertz CT molecular complexity index is 1570. The highest BCUT2D eigenvalue weighted by molar-refractivity contribution is 5.87. The van der Waals surface area contributed by atoms with E-state index in [1.54, 1.807) is 52.0 Å². The number of aliphatic hydroxyl groups is 5. The molecule has 0 aromatic heterocycles. The Labute approximate surface area is 362 Å². The molecular weight excluding hydrogens is 799 g/mol. The second kappa shape index (κ2) is 23.5. The zero-order valence-corrected chi connectivity index (χ0v) is 38.2. The summed E-state index contributed by atoms with van der Waals surface area (Å²) in [4.78, 5) is 25.4. The van der Waals surface area contributed by atoms with Crippen LogP contribution in [-0.4, -0.2) is 125 Å². The van der Waals surface area contributed by atoms with E-state index in [4.69, 9.17) is 38.9 Å².